The Hall–Kier alpha value is -2.56. The van der Waals surface area contributed by atoms with Crippen LogP contribution in [0.25, 0.3) is 6.08 Å². The number of hydrogen-bond acceptors (Lipinski definition) is 4. The number of nitrogens with one attached hydrogen (secondary N) is 1. The standard InChI is InChI=1S/C14H15N3O2/c1-9-10(2)17-19-14(9)16-13(18)7-6-11-4-3-5-12(15)8-11/h3-8H,15H2,1-2H3,(H,16,18)/b7-6+. The van der Waals surface area contributed by atoms with E-state index in [0.717, 1.165) is 16.8 Å². The van der Waals surface area contributed by atoms with Crippen LogP contribution in [-0.2, 0) is 4.79 Å². The zero-order valence-electron chi connectivity index (χ0n) is 10.8. The molecule has 5 nitrogen and oxygen atoms in total. The van der Waals surface area contributed by atoms with Crippen LogP contribution < -0.4 is 11.1 Å². The number of benzene rings is 1. The number of nitrogens with zero attached hydrogens (tertiary/aromatic N) is 1. The number of anilines is 2. The van der Waals surface area contributed by atoms with E-state index >= 15 is 0 Å². The van der Waals surface area contributed by atoms with Gasteiger partial charge in [0.1, 0.15) is 0 Å². The number of aryl methyl sites for hydroxylation is 1. The molecule has 0 aliphatic heterocycles. The Labute approximate surface area is 111 Å². The molecule has 0 atom stereocenters. The highest BCUT2D eigenvalue weighted by molar-refractivity contribution is 6.01. The van der Waals surface area contributed by atoms with Crippen LogP contribution in [0.4, 0.5) is 11.6 Å². The molecule has 0 aliphatic carbocycles. The summed E-state index contributed by atoms with van der Waals surface area (Å²) >= 11 is 0. The topological polar surface area (TPSA) is 81.2 Å². The Balaban J connectivity index is 2.04. The molecule has 5 heteroatoms. The van der Waals surface area contributed by atoms with Crippen LogP contribution in [0.1, 0.15) is 16.8 Å². The van der Waals surface area contributed by atoms with Gasteiger partial charge in [-0.05, 0) is 37.6 Å². The highest BCUT2D eigenvalue weighted by Crippen LogP contribution is 2.17. The number of carbonyl (C=O) groups is 1. The summed E-state index contributed by atoms with van der Waals surface area (Å²) in [6.07, 6.45) is 3.11. The van der Waals surface area contributed by atoms with E-state index in [4.69, 9.17) is 10.3 Å². The Kier molecular flexibility index (Phi) is 3.66. The minimum atomic E-state index is -0.276. The molecule has 1 amide bonds. The molecule has 0 bridgehead atoms. The lowest BCUT2D eigenvalue weighted by atomic mass is 10.2. The predicted molar refractivity (Wildman–Crippen MR) is 74.5 cm³/mol. The van der Waals surface area contributed by atoms with E-state index in [1.807, 2.05) is 26.0 Å². The van der Waals surface area contributed by atoms with Gasteiger partial charge < -0.3 is 10.3 Å². The normalized spacial score (nSPS) is 10.8. The highest BCUT2D eigenvalue weighted by atomic mass is 16.5. The fourth-order valence-corrected chi connectivity index (χ4v) is 1.52. The van der Waals surface area contributed by atoms with Crippen LogP contribution >= 0.6 is 0 Å². The maximum absolute atomic E-state index is 11.7. The van der Waals surface area contributed by atoms with Crippen molar-refractivity contribution in [2.24, 2.45) is 0 Å². The lowest BCUT2D eigenvalue weighted by molar-refractivity contribution is -0.112. The fourth-order valence-electron chi connectivity index (χ4n) is 1.52. The molecule has 1 aromatic heterocycles. The molecule has 0 fully saturated rings. The largest absolute Gasteiger partial charge is 0.399 e. The van der Waals surface area contributed by atoms with Crippen molar-refractivity contribution in [1.82, 2.24) is 5.16 Å². The van der Waals surface area contributed by atoms with Crippen molar-refractivity contribution in [3.05, 3.63) is 47.2 Å². The van der Waals surface area contributed by atoms with Crippen molar-refractivity contribution < 1.29 is 9.32 Å². The van der Waals surface area contributed by atoms with E-state index in [2.05, 4.69) is 10.5 Å². The third kappa shape index (κ3) is 3.22. The molecule has 0 saturated heterocycles. The number of carbonyl (C=O) groups excluding carboxylic acids is 1. The molecule has 0 radical (unpaired) electrons. The molecule has 98 valence electrons. The summed E-state index contributed by atoms with van der Waals surface area (Å²) in [7, 11) is 0. The molecule has 1 heterocycles. The summed E-state index contributed by atoms with van der Waals surface area (Å²) in [6, 6.07) is 7.27. The second kappa shape index (κ2) is 5.39. The summed E-state index contributed by atoms with van der Waals surface area (Å²) in [4.78, 5) is 11.7. The number of nitrogen functional groups attached to an aromatic ring is 1. The van der Waals surface area contributed by atoms with E-state index < -0.39 is 0 Å². The van der Waals surface area contributed by atoms with Gasteiger partial charge in [0.05, 0.1) is 5.69 Å². The highest BCUT2D eigenvalue weighted by Gasteiger charge is 2.09. The van der Waals surface area contributed by atoms with Crippen LogP contribution in [0.2, 0.25) is 0 Å². The molecule has 19 heavy (non-hydrogen) atoms. The maximum atomic E-state index is 11.7. The van der Waals surface area contributed by atoms with Gasteiger partial charge in [-0.3, -0.25) is 10.1 Å². The van der Waals surface area contributed by atoms with Gasteiger partial charge >= 0.3 is 0 Å². The Morgan fingerprint density at radius 3 is 2.84 bits per heavy atom. The van der Waals surface area contributed by atoms with Gasteiger partial charge in [0.2, 0.25) is 5.88 Å². The van der Waals surface area contributed by atoms with Crippen molar-refractivity contribution in [1.29, 1.82) is 0 Å². The zero-order chi connectivity index (χ0) is 13.8. The quantitative estimate of drug-likeness (QED) is 0.654. The van der Waals surface area contributed by atoms with E-state index in [1.54, 1.807) is 18.2 Å². The molecular weight excluding hydrogens is 242 g/mol. The molecular formula is C14H15N3O2. The van der Waals surface area contributed by atoms with Crippen molar-refractivity contribution in [2.75, 3.05) is 11.1 Å². The second-order valence-corrected chi connectivity index (χ2v) is 4.21. The van der Waals surface area contributed by atoms with Crippen LogP contribution in [0.5, 0.6) is 0 Å². The SMILES string of the molecule is Cc1noc(NC(=O)/C=C/c2cccc(N)c2)c1C. The lowest BCUT2D eigenvalue weighted by Crippen LogP contribution is -2.07. The number of rotatable bonds is 3. The van der Waals surface area contributed by atoms with Gasteiger partial charge in [0.25, 0.3) is 5.91 Å². The van der Waals surface area contributed by atoms with Gasteiger partial charge in [-0.2, -0.15) is 0 Å². The van der Waals surface area contributed by atoms with E-state index in [1.165, 1.54) is 6.08 Å². The van der Waals surface area contributed by atoms with Crippen LogP contribution in [0.3, 0.4) is 0 Å². The third-order valence-corrected chi connectivity index (χ3v) is 2.73. The summed E-state index contributed by atoms with van der Waals surface area (Å²) in [5.41, 5.74) is 8.76. The van der Waals surface area contributed by atoms with Gasteiger partial charge in [0.15, 0.2) is 0 Å². The van der Waals surface area contributed by atoms with Crippen LogP contribution in [0.15, 0.2) is 34.9 Å². The number of aromatic nitrogens is 1. The Bertz CT molecular complexity index is 629. The van der Waals surface area contributed by atoms with Gasteiger partial charge in [-0.15, -0.1) is 0 Å². The first kappa shape index (κ1) is 12.9. The molecule has 0 saturated carbocycles. The molecule has 0 unspecified atom stereocenters. The second-order valence-electron chi connectivity index (χ2n) is 4.21. The summed E-state index contributed by atoms with van der Waals surface area (Å²) in [5.74, 6) is 0.0985. The average molecular weight is 257 g/mol. The summed E-state index contributed by atoms with van der Waals surface area (Å²) < 4.78 is 5.00. The first-order valence-corrected chi connectivity index (χ1v) is 5.84. The predicted octanol–water partition coefficient (Wildman–Crippen LogP) is 2.53. The minimum Gasteiger partial charge on any atom is -0.399 e. The minimum absolute atomic E-state index is 0.276. The van der Waals surface area contributed by atoms with Crippen molar-refractivity contribution in [3.8, 4) is 0 Å². The van der Waals surface area contributed by atoms with Crippen molar-refractivity contribution in [3.63, 3.8) is 0 Å². The fraction of sp³-hybridized carbons (Fsp3) is 0.143. The Morgan fingerprint density at radius 2 is 2.21 bits per heavy atom. The molecule has 0 aliphatic rings. The zero-order valence-corrected chi connectivity index (χ0v) is 10.8. The molecule has 3 N–H and O–H groups in total. The van der Waals surface area contributed by atoms with Crippen LogP contribution in [-0.4, -0.2) is 11.1 Å². The first-order chi connectivity index (χ1) is 9.06. The molecule has 2 rings (SSSR count). The molecule has 2 aromatic rings. The van der Waals surface area contributed by atoms with E-state index in [-0.39, 0.29) is 5.91 Å². The Morgan fingerprint density at radius 1 is 1.42 bits per heavy atom. The maximum Gasteiger partial charge on any atom is 0.250 e. The van der Waals surface area contributed by atoms with Gasteiger partial charge in [-0.1, -0.05) is 17.3 Å². The van der Waals surface area contributed by atoms with Crippen molar-refractivity contribution in [2.45, 2.75) is 13.8 Å². The summed E-state index contributed by atoms with van der Waals surface area (Å²) in [5, 5.41) is 6.40. The monoisotopic (exact) mass is 257 g/mol. The first-order valence-electron chi connectivity index (χ1n) is 5.84. The van der Waals surface area contributed by atoms with Gasteiger partial charge in [-0.25, -0.2) is 0 Å². The van der Waals surface area contributed by atoms with Crippen LogP contribution in [0, 0.1) is 13.8 Å². The number of nitrogens with two attached hydrogens (primary N) is 1. The number of amides is 1. The molecule has 1 aromatic carbocycles. The lowest BCUT2D eigenvalue weighted by Gasteiger charge is -1.98. The summed E-state index contributed by atoms with van der Waals surface area (Å²) in [6.45, 7) is 3.65. The molecule has 0 spiro atoms. The number of hydrogen-bond donors (Lipinski definition) is 2. The van der Waals surface area contributed by atoms with Crippen molar-refractivity contribution >= 4 is 23.6 Å². The van der Waals surface area contributed by atoms with Gasteiger partial charge in [0, 0.05) is 17.3 Å². The smallest absolute Gasteiger partial charge is 0.250 e. The average Bonchev–Trinajstić information content (AvgIpc) is 2.69. The van der Waals surface area contributed by atoms with E-state index in [9.17, 15) is 4.79 Å². The van der Waals surface area contributed by atoms with E-state index in [0.29, 0.717) is 11.6 Å². The third-order valence-electron chi connectivity index (χ3n) is 2.73.